The lowest BCUT2D eigenvalue weighted by molar-refractivity contribution is -0.120. The quantitative estimate of drug-likeness (QED) is 0.717. The maximum absolute atomic E-state index is 12.9. The third-order valence-corrected chi connectivity index (χ3v) is 5.12. The van der Waals surface area contributed by atoms with E-state index in [1.807, 2.05) is 93.5 Å². The van der Waals surface area contributed by atoms with Gasteiger partial charge < -0.3 is 5.32 Å². The summed E-state index contributed by atoms with van der Waals surface area (Å²) in [5, 5.41) is 2.84. The van der Waals surface area contributed by atoms with Crippen LogP contribution >= 0.6 is 0 Å². The van der Waals surface area contributed by atoms with Crippen LogP contribution in [-0.4, -0.2) is 33.3 Å². The molecule has 6 nitrogen and oxygen atoms in total. The minimum atomic E-state index is -0.385. The molecule has 28 heavy (non-hydrogen) atoms. The summed E-state index contributed by atoms with van der Waals surface area (Å²) >= 11 is 0. The molecular formula is C22H26N4O2. The van der Waals surface area contributed by atoms with Crippen molar-refractivity contribution >= 4 is 11.6 Å². The van der Waals surface area contributed by atoms with Crippen LogP contribution in [0.3, 0.4) is 0 Å². The Kier molecular flexibility index (Phi) is 5.80. The number of benzene rings is 2. The standard InChI is InChI=1S/C22H26N4O2/c1-16-20(22(28)26(25(16)4)19-13-9-6-10-14-19)23-21(27)17(2)24(3)15-18-11-7-5-8-12-18/h5-14,17H,15H2,1-4H3,(H,23,27)/t17-/m1/s1. The van der Waals surface area contributed by atoms with Gasteiger partial charge >= 0.3 is 0 Å². The van der Waals surface area contributed by atoms with Gasteiger partial charge in [-0.25, -0.2) is 4.68 Å². The summed E-state index contributed by atoms with van der Waals surface area (Å²) in [5.41, 5.74) is 2.67. The van der Waals surface area contributed by atoms with Crippen LogP contribution in [0.15, 0.2) is 65.5 Å². The molecule has 0 aliphatic carbocycles. The van der Waals surface area contributed by atoms with Gasteiger partial charge in [0.15, 0.2) is 0 Å². The Labute approximate surface area is 165 Å². The van der Waals surface area contributed by atoms with Crippen LogP contribution in [0.4, 0.5) is 5.69 Å². The number of carbonyl (C=O) groups is 1. The van der Waals surface area contributed by atoms with Gasteiger partial charge in [0.2, 0.25) is 5.91 Å². The second-order valence-electron chi connectivity index (χ2n) is 7.00. The Bertz CT molecular complexity index is 1010. The molecule has 0 fully saturated rings. The van der Waals surface area contributed by atoms with Crippen LogP contribution in [0.2, 0.25) is 0 Å². The molecule has 2 aromatic carbocycles. The van der Waals surface area contributed by atoms with Gasteiger partial charge in [0.25, 0.3) is 5.56 Å². The Morgan fingerprint density at radius 1 is 1.07 bits per heavy atom. The molecule has 1 N–H and O–H groups in total. The van der Waals surface area contributed by atoms with Crippen molar-refractivity contribution in [2.75, 3.05) is 12.4 Å². The summed E-state index contributed by atoms with van der Waals surface area (Å²) in [5.74, 6) is -0.204. The maximum Gasteiger partial charge on any atom is 0.295 e. The number of carbonyl (C=O) groups excluding carboxylic acids is 1. The third kappa shape index (κ3) is 3.92. The van der Waals surface area contributed by atoms with Crippen LogP contribution in [0.1, 0.15) is 18.2 Å². The van der Waals surface area contributed by atoms with Gasteiger partial charge in [-0.1, -0.05) is 48.5 Å². The highest BCUT2D eigenvalue weighted by molar-refractivity contribution is 5.94. The van der Waals surface area contributed by atoms with Crippen molar-refractivity contribution in [2.45, 2.75) is 26.4 Å². The van der Waals surface area contributed by atoms with E-state index in [0.717, 1.165) is 11.3 Å². The van der Waals surface area contributed by atoms with Crippen molar-refractivity contribution in [3.05, 3.63) is 82.3 Å². The molecule has 0 aliphatic rings. The molecule has 0 radical (unpaired) electrons. The number of amides is 1. The van der Waals surface area contributed by atoms with E-state index in [-0.39, 0.29) is 17.5 Å². The van der Waals surface area contributed by atoms with Crippen molar-refractivity contribution < 1.29 is 4.79 Å². The molecule has 1 atom stereocenters. The van der Waals surface area contributed by atoms with E-state index in [2.05, 4.69) is 5.32 Å². The smallest absolute Gasteiger partial charge is 0.295 e. The average Bonchev–Trinajstić information content (AvgIpc) is 2.92. The van der Waals surface area contributed by atoms with Gasteiger partial charge in [0, 0.05) is 13.6 Å². The SMILES string of the molecule is Cc1c(NC(=O)[C@@H](C)N(C)Cc2ccccc2)c(=O)n(-c2ccccc2)n1C. The number of para-hydroxylation sites is 1. The second-order valence-corrected chi connectivity index (χ2v) is 7.00. The predicted molar refractivity (Wildman–Crippen MR) is 112 cm³/mol. The number of aromatic nitrogens is 2. The Morgan fingerprint density at radius 2 is 1.64 bits per heavy atom. The molecule has 1 aromatic heterocycles. The fourth-order valence-corrected chi connectivity index (χ4v) is 3.15. The maximum atomic E-state index is 12.9. The highest BCUT2D eigenvalue weighted by Crippen LogP contribution is 2.15. The van der Waals surface area contributed by atoms with Crippen LogP contribution in [0.5, 0.6) is 0 Å². The average molecular weight is 378 g/mol. The number of nitrogens with one attached hydrogen (secondary N) is 1. The van der Waals surface area contributed by atoms with E-state index in [4.69, 9.17) is 0 Å². The fraction of sp³-hybridized carbons (Fsp3) is 0.273. The van der Waals surface area contributed by atoms with Crippen molar-refractivity contribution in [1.29, 1.82) is 0 Å². The Morgan fingerprint density at radius 3 is 2.25 bits per heavy atom. The summed E-state index contributed by atoms with van der Waals surface area (Å²) in [4.78, 5) is 27.7. The van der Waals surface area contributed by atoms with Crippen LogP contribution in [0.25, 0.3) is 5.69 Å². The van der Waals surface area contributed by atoms with Gasteiger partial charge in [-0.05, 0) is 38.6 Å². The van der Waals surface area contributed by atoms with Crippen LogP contribution in [-0.2, 0) is 18.4 Å². The normalized spacial score (nSPS) is 12.2. The molecule has 3 rings (SSSR count). The third-order valence-electron chi connectivity index (χ3n) is 5.12. The summed E-state index contributed by atoms with van der Waals surface area (Å²) in [6, 6.07) is 19.0. The van der Waals surface area contributed by atoms with E-state index in [1.165, 1.54) is 0 Å². The molecule has 6 heteroatoms. The van der Waals surface area contributed by atoms with E-state index in [9.17, 15) is 9.59 Å². The fourth-order valence-electron chi connectivity index (χ4n) is 3.15. The predicted octanol–water partition coefficient (Wildman–Crippen LogP) is 2.94. The first kappa shape index (κ1) is 19.6. The Hall–Kier alpha value is -3.12. The zero-order valence-corrected chi connectivity index (χ0v) is 16.7. The van der Waals surface area contributed by atoms with E-state index in [0.29, 0.717) is 17.9 Å². The molecule has 0 aliphatic heterocycles. The molecule has 1 amide bonds. The van der Waals surface area contributed by atoms with Gasteiger partial charge in [-0.3, -0.25) is 19.2 Å². The lowest BCUT2D eigenvalue weighted by Gasteiger charge is -2.23. The van der Waals surface area contributed by atoms with Crippen LogP contribution < -0.4 is 10.9 Å². The lowest BCUT2D eigenvalue weighted by atomic mass is 10.2. The zero-order valence-electron chi connectivity index (χ0n) is 16.7. The highest BCUT2D eigenvalue weighted by atomic mass is 16.2. The van der Waals surface area contributed by atoms with Gasteiger partial charge in [-0.15, -0.1) is 0 Å². The summed E-state index contributed by atoms with van der Waals surface area (Å²) in [6.07, 6.45) is 0. The minimum absolute atomic E-state index is 0.204. The summed E-state index contributed by atoms with van der Waals surface area (Å²) < 4.78 is 3.31. The van der Waals surface area contributed by atoms with Crippen molar-refractivity contribution in [1.82, 2.24) is 14.3 Å². The first-order valence-electron chi connectivity index (χ1n) is 9.29. The number of rotatable bonds is 6. The molecule has 0 saturated heterocycles. The first-order valence-corrected chi connectivity index (χ1v) is 9.29. The molecule has 0 spiro atoms. The second kappa shape index (κ2) is 8.27. The number of anilines is 1. The zero-order chi connectivity index (χ0) is 20.3. The number of likely N-dealkylation sites (N-methyl/N-ethyl adjacent to an activating group) is 1. The number of hydrogen-bond acceptors (Lipinski definition) is 3. The van der Waals surface area contributed by atoms with E-state index in [1.54, 1.807) is 9.36 Å². The van der Waals surface area contributed by atoms with Crippen molar-refractivity contribution in [2.24, 2.45) is 7.05 Å². The highest BCUT2D eigenvalue weighted by Gasteiger charge is 2.23. The molecule has 3 aromatic rings. The monoisotopic (exact) mass is 378 g/mol. The number of hydrogen-bond donors (Lipinski definition) is 1. The van der Waals surface area contributed by atoms with E-state index < -0.39 is 0 Å². The van der Waals surface area contributed by atoms with Crippen molar-refractivity contribution in [3.63, 3.8) is 0 Å². The summed E-state index contributed by atoms with van der Waals surface area (Å²) in [6.45, 7) is 4.32. The van der Waals surface area contributed by atoms with Gasteiger partial charge in [-0.2, -0.15) is 0 Å². The van der Waals surface area contributed by atoms with Gasteiger partial charge in [0.1, 0.15) is 5.69 Å². The van der Waals surface area contributed by atoms with Crippen LogP contribution in [0, 0.1) is 6.92 Å². The minimum Gasteiger partial charge on any atom is -0.319 e. The number of nitrogens with zero attached hydrogens (tertiary/aromatic N) is 3. The molecule has 0 saturated carbocycles. The molecule has 0 bridgehead atoms. The topological polar surface area (TPSA) is 59.3 Å². The lowest BCUT2D eigenvalue weighted by Crippen LogP contribution is -2.40. The van der Waals surface area contributed by atoms with Gasteiger partial charge in [0.05, 0.1) is 17.4 Å². The summed E-state index contributed by atoms with van der Waals surface area (Å²) in [7, 11) is 3.71. The first-order chi connectivity index (χ1) is 13.4. The molecule has 146 valence electrons. The van der Waals surface area contributed by atoms with E-state index >= 15 is 0 Å². The Balaban J connectivity index is 1.80. The molecular weight excluding hydrogens is 352 g/mol. The molecule has 1 heterocycles. The largest absolute Gasteiger partial charge is 0.319 e. The van der Waals surface area contributed by atoms with Crippen molar-refractivity contribution in [3.8, 4) is 5.69 Å². The molecule has 0 unspecified atom stereocenters.